The van der Waals surface area contributed by atoms with Gasteiger partial charge in [-0.25, -0.2) is 14.5 Å². The van der Waals surface area contributed by atoms with Crippen molar-refractivity contribution in [3.05, 3.63) is 102 Å². The number of anilines is 1. The molecular formula is C43H49F5N8O5. The molecule has 0 saturated carbocycles. The van der Waals surface area contributed by atoms with Crippen LogP contribution in [0.15, 0.2) is 79.3 Å². The Morgan fingerprint density at radius 1 is 0.902 bits per heavy atom. The van der Waals surface area contributed by atoms with Crippen LogP contribution in [-0.2, 0) is 27.2 Å². The van der Waals surface area contributed by atoms with Crippen molar-refractivity contribution in [2.75, 3.05) is 57.9 Å². The van der Waals surface area contributed by atoms with Gasteiger partial charge in [-0.15, -0.1) is 0 Å². The standard InChI is InChI=1S/C43H49F5N8O5/c1-42(2,43(46,47)48)38(53-41(59)60-3)39(58)52-35(36(57)24-49-21-30-10-13-32(14-11-30)33-23-51-56(25-33)40(44)45)20-29-7-4-28(5-8-29)6-9-31-12-15-37(50-22-31)55-18-16-54(17-19-55)34-26-61-27-34/h4-5,7-8,10-15,22-23,25,34-36,38,40,49,57H,16-21,24,26-27H2,1-3H3,(H,52,58)(H,53,59)/t35-,36-,38+/m0/s1. The van der Waals surface area contributed by atoms with Crippen LogP contribution in [0.25, 0.3) is 11.1 Å². The van der Waals surface area contributed by atoms with Gasteiger partial charge in [0.1, 0.15) is 11.9 Å². The third-order valence-corrected chi connectivity index (χ3v) is 11.0. The SMILES string of the molecule is COC(=O)N[C@H](C(=O)N[C@@H](Cc1ccc(C#Cc2ccc(N3CCN(C4COC4)CC3)nc2)cc1)[C@@H](O)CNCc1ccc(-c2cnn(C(F)F)c2)cc1)C(C)(C)C(F)(F)F. The molecule has 326 valence electrons. The van der Waals surface area contributed by atoms with Gasteiger partial charge in [-0.05, 0) is 61.2 Å². The number of amides is 2. The highest BCUT2D eigenvalue weighted by Crippen LogP contribution is 2.40. The molecule has 2 aromatic heterocycles. The second-order valence-electron chi connectivity index (χ2n) is 15.6. The highest BCUT2D eigenvalue weighted by Gasteiger charge is 2.56. The number of piperazine rings is 1. The van der Waals surface area contributed by atoms with Crippen molar-refractivity contribution in [2.24, 2.45) is 5.41 Å². The molecule has 2 aliphatic rings. The fraction of sp³-hybridized carbons (Fsp3) is 0.442. The Balaban J connectivity index is 1.11. The molecule has 2 fully saturated rings. The zero-order valence-corrected chi connectivity index (χ0v) is 34.0. The van der Waals surface area contributed by atoms with Crippen molar-refractivity contribution in [3.8, 4) is 23.0 Å². The molecule has 6 rings (SSSR count). The number of carbonyl (C=O) groups is 2. The molecule has 3 atom stereocenters. The molecule has 2 amide bonds. The van der Waals surface area contributed by atoms with Gasteiger partial charge in [0.05, 0.1) is 50.1 Å². The number of rotatable bonds is 15. The number of ether oxygens (including phenoxy) is 2. The number of hydrogen-bond donors (Lipinski definition) is 4. The number of nitrogens with zero attached hydrogens (tertiary/aromatic N) is 5. The lowest BCUT2D eigenvalue weighted by molar-refractivity contribution is -0.220. The van der Waals surface area contributed by atoms with E-state index in [0.717, 1.165) is 77.3 Å². The lowest BCUT2D eigenvalue weighted by Gasteiger charge is -2.42. The minimum Gasteiger partial charge on any atom is -0.453 e. The molecule has 0 radical (unpaired) electrons. The lowest BCUT2D eigenvalue weighted by atomic mass is 9.82. The van der Waals surface area contributed by atoms with E-state index in [4.69, 9.17) is 4.74 Å². The summed E-state index contributed by atoms with van der Waals surface area (Å²) in [5, 5.41) is 22.7. The highest BCUT2D eigenvalue weighted by atomic mass is 19.4. The Morgan fingerprint density at radius 2 is 1.56 bits per heavy atom. The zero-order valence-electron chi connectivity index (χ0n) is 34.0. The van der Waals surface area contributed by atoms with Crippen LogP contribution in [0.4, 0.5) is 32.6 Å². The van der Waals surface area contributed by atoms with Crippen LogP contribution in [0.3, 0.4) is 0 Å². The van der Waals surface area contributed by atoms with E-state index in [1.54, 1.807) is 54.7 Å². The molecule has 0 bridgehead atoms. The van der Waals surface area contributed by atoms with Crippen LogP contribution in [0.5, 0.6) is 0 Å². The van der Waals surface area contributed by atoms with Crippen LogP contribution in [0, 0.1) is 17.3 Å². The van der Waals surface area contributed by atoms with E-state index < -0.39 is 48.3 Å². The summed E-state index contributed by atoms with van der Waals surface area (Å²) in [6, 6.07) is 15.2. The predicted octanol–water partition coefficient (Wildman–Crippen LogP) is 4.75. The first-order valence-corrected chi connectivity index (χ1v) is 19.8. The monoisotopic (exact) mass is 852 g/mol. The van der Waals surface area contributed by atoms with Crippen molar-refractivity contribution < 1.29 is 46.1 Å². The van der Waals surface area contributed by atoms with Crippen LogP contribution in [0.1, 0.15) is 42.7 Å². The molecule has 2 saturated heterocycles. The highest BCUT2D eigenvalue weighted by molar-refractivity contribution is 5.87. The lowest BCUT2D eigenvalue weighted by Crippen LogP contribution is -2.62. The molecular weight excluding hydrogens is 804 g/mol. The first-order valence-electron chi connectivity index (χ1n) is 19.8. The summed E-state index contributed by atoms with van der Waals surface area (Å²) in [4.78, 5) is 35.1. The van der Waals surface area contributed by atoms with Crippen molar-refractivity contribution in [3.63, 3.8) is 0 Å². The average molecular weight is 853 g/mol. The van der Waals surface area contributed by atoms with E-state index in [-0.39, 0.29) is 19.5 Å². The summed E-state index contributed by atoms with van der Waals surface area (Å²) < 4.78 is 78.9. The quantitative estimate of drug-likeness (QED) is 0.0977. The van der Waals surface area contributed by atoms with Gasteiger partial charge in [0, 0.05) is 68.4 Å². The van der Waals surface area contributed by atoms with Gasteiger partial charge >= 0.3 is 18.8 Å². The maximum Gasteiger partial charge on any atom is 0.407 e. The van der Waals surface area contributed by atoms with E-state index in [1.807, 2.05) is 17.4 Å². The van der Waals surface area contributed by atoms with Crippen LogP contribution in [-0.4, -0.2) is 120 Å². The molecule has 2 aromatic carbocycles. The summed E-state index contributed by atoms with van der Waals surface area (Å²) in [5.41, 5.74) is 1.28. The average Bonchev–Trinajstić information content (AvgIpc) is 3.73. The molecule has 2 aliphatic heterocycles. The summed E-state index contributed by atoms with van der Waals surface area (Å²) >= 11 is 0. The number of methoxy groups -OCH3 is 1. The molecule has 4 N–H and O–H groups in total. The van der Waals surface area contributed by atoms with Crippen molar-refractivity contribution >= 4 is 17.8 Å². The van der Waals surface area contributed by atoms with E-state index in [0.29, 0.717) is 33.0 Å². The third-order valence-electron chi connectivity index (χ3n) is 11.0. The van der Waals surface area contributed by atoms with Crippen LogP contribution >= 0.6 is 0 Å². The third kappa shape index (κ3) is 11.6. The molecule has 4 heterocycles. The minimum atomic E-state index is -4.90. The Morgan fingerprint density at radius 3 is 2.13 bits per heavy atom. The smallest absolute Gasteiger partial charge is 0.407 e. The Bertz CT molecular complexity index is 2130. The van der Waals surface area contributed by atoms with Crippen LogP contribution in [0.2, 0.25) is 0 Å². The summed E-state index contributed by atoms with van der Waals surface area (Å²) in [6.07, 6.45) is -3.14. The van der Waals surface area contributed by atoms with E-state index >= 15 is 0 Å². The number of nitrogens with one attached hydrogen (secondary N) is 3. The van der Waals surface area contributed by atoms with E-state index in [2.05, 4.69) is 47.1 Å². The van der Waals surface area contributed by atoms with Gasteiger partial charge < -0.3 is 35.4 Å². The fourth-order valence-electron chi connectivity index (χ4n) is 6.90. The van der Waals surface area contributed by atoms with Gasteiger partial charge in [-0.1, -0.05) is 48.2 Å². The number of halogens is 5. The van der Waals surface area contributed by atoms with Crippen LogP contribution < -0.4 is 20.9 Å². The summed E-state index contributed by atoms with van der Waals surface area (Å²) in [7, 11) is 0.967. The number of aliphatic hydroxyl groups excluding tert-OH is 1. The predicted molar refractivity (Wildman–Crippen MR) is 216 cm³/mol. The maximum absolute atomic E-state index is 14.2. The molecule has 61 heavy (non-hydrogen) atoms. The fourth-order valence-corrected chi connectivity index (χ4v) is 6.90. The number of hydrogen-bond acceptors (Lipinski definition) is 10. The molecule has 18 heteroatoms. The van der Waals surface area contributed by atoms with E-state index in [9.17, 15) is 36.6 Å². The number of benzene rings is 2. The van der Waals surface area contributed by atoms with Gasteiger partial charge in [-0.3, -0.25) is 9.69 Å². The Labute approximate surface area is 350 Å². The maximum atomic E-state index is 14.2. The van der Waals surface area contributed by atoms with Crippen molar-refractivity contribution in [1.82, 2.24) is 35.6 Å². The number of alkyl halides is 5. The number of pyridine rings is 1. The zero-order chi connectivity index (χ0) is 43.7. The second-order valence-corrected chi connectivity index (χ2v) is 15.6. The van der Waals surface area contributed by atoms with Gasteiger partial charge in [0.15, 0.2) is 0 Å². The summed E-state index contributed by atoms with van der Waals surface area (Å²) in [6.45, 7) is 4.25. The number of alkyl carbamates (subject to hydrolysis) is 1. The first kappa shape index (κ1) is 44.9. The Kier molecular flexibility index (Phi) is 14.6. The summed E-state index contributed by atoms with van der Waals surface area (Å²) in [5.74, 6) is 5.95. The number of aromatic nitrogens is 3. The molecule has 13 nitrogen and oxygen atoms in total. The topological polar surface area (TPSA) is 146 Å². The second kappa shape index (κ2) is 19.8. The molecule has 0 spiro atoms. The molecule has 4 aromatic rings. The minimum absolute atomic E-state index is 0.00869. The van der Waals surface area contributed by atoms with E-state index in [1.165, 1.54) is 12.4 Å². The van der Waals surface area contributed by atoms with Gasteiger partial charge in [0.2, 0.25) is 5.91 Å². The number of carbonyl (C=O) groups excluding carboxylic acids is 2. The molecule has 0 unspecified atom stereocenters. The number of aliphatic hydroxyl groups is 1. The first-order chi connectivity index (χ1) is 29.1. The Hall–Kier alpha value is -5.61. The van der Waals surface area contributed by atoms with Gasteiger partial charge in [-0.2, -0.15) is 27.1 Å². The van der Waals surface area contributed by atoms with Crippen molar-refractivity contribution in [1.29, 1.82) is 0 Å². The van der Waals surface area contributed by atoms with Gasteiger partial charge in [0.25, 0.3) is 0 Å². The van der Waals surface area contributed by atoms with Crippen molar-refractivity contribution in [2.45, 2.75) is 63.8 Å². The molecule has 0 aliphatic carbocycles. The largest absolute Gasteiger partial charge is 0.453 e. The normalized spacial score (nSPS) is 16.5.